The van der Waals surface area contributed by atoms with E-state index in [1.54, 1.807) is 0 Å². The van der Waals surface area contributed by atoms with E-state index >= 15 is 0 Å². The second-order valence-corrected chi connectivity index (χ2v) is 4.18. The number of hydrogen-bond donors (Lipinski definition) is 1. The minimum atomic E-state index is 0.404. The molecule has 5 heteroatoms. The predicted octanol–water partition coefficient (Wildman–Crippen LogP) is 2.93. The number of nitrogens with zero attached hydrogens (tertiary/aromatic N) is 3. The molecule has 0 bridgehead atoms. The van der Waals surface area contributed by atoms with Crippen molar-refractivity contribution in [2.24, 2.45) is 0 Å². The highest BCUT2D eigenvalue weighted by molar-refractivity contribution is 6.32. The highest BCUT2D eigenvalue weighted by atomic mass is 35.5. The van der Waals surface area contributed by atoms with Crippen LogP contribution < -0.4 is 5.73 Å². The van der Waals surface area contributed by atoms with Crippen molar-refractivity contribution in [1.82, 2.24) is 15.0 Å². The lowest BCUT2D eigenvalue weighted by Crippen LogP contribution is -1.96. The van der Waals surface area contributed by atoms with E-state index in [1.807, 2.05) is 36.4 Å². The average molecular weight is 257 g/mol. The molecule has 2 heterocycles. The van der Waals surface area contributed by atoms with Gasteiger partial charge >= 0.3 is 0 Å². The fraction of sp³-hybridized carbons (Fsp3) is 0. The monoisotopic (exact) mass is 256 g/mol. The molecule has 2 N–H and O–H groups in total. The Morgan fingerprint density at radius 1 is 1.06 bits per heavy atom. The molecule has 2 aromatic heterocycles. The zero-order chi connectivity index (χ0) is 12.5. The highest BCUT2D eigenvalue weighted by Gasteiger charge is 2.09. The summed E-state index contributed by atoms with van der Waals surface area (Å²) in [6, 6.07) is 11.6. The number of aromatic nitrogens is 3. The summed E-state index contributed by atoms with van der Waals surface area (Å²) in [5, 5.41) is 1.12. The maximum absolute atomic E-state index is 6.18. The van der Waals surface area contributed by atoms with Crippen molar-refractivity contribution in [3.8, 4) is 11.1 Å². The number of benzene rings is 1. The summed E-state index contributed by atoms with van der Waals surface area (Å²) < 4.78 is 0. The van der Waals surface area contributed by atoms with Gasteiger partial charge in [0.05, 0.1) is 5.39 Å². The molecule has 88 valence electrons. The Labute approximate surface area is 108 Å². The number of pyridine rings is 1. The van der Waals surface area contributed by atoms with Crippen LogP contribution in [0.5, 0.6) is 0 Å². The first-order valence-corrected chi connectivity index (χ1v) is 5.75. The van der Waals surface area contributed by atoms with Gasteiger partial charge in [-0.15, -0.1) is 0 Å². The normalized spacial score (nSPS) is 10.7. The first-order valence-electron chi connectivity index (χ1n) is 5.38. The van der Waals surface area contributed by atoms with Crippen LogP contribution in [0.15, 0.2) is 42.7 Å². The third-order valence-electron chi connectivity index (χ3n) is 2.69. The van der Waals surface area contributed by atoms with Crippen LogP contribution in [0.4, 0.5) is 5.82 Å². The third kappa shape index (κ3) is 1.76. The van der Waals surface area contributed by atoms with Gasteiger partial charge in [-0.1, -0.05) is 41.9 Å². The second kappa shape index (κ2) is 4.23. The molecule has 0 radical (unpaired) electrons. The van der Waals surface area contributed by atoms with E-state index in [-0.39, 0.29) is 0 Å². The first-order chi connectivity index (χ1) is 8.75. The molecule has 0 atom stereocenters. The Balaban J connectivity index is 2.31. The first kappa shape index (κ1) is 10.9. The molecule has 0 aliphatic carbocycles. The molecule has 0 spiro atoms. The molecule has 0 amide bonds. The largest absolute Gasteiger partial charge is 0.383 e. The molecule has 0 unspecified atom stereocenters. The van der Waals surface area contributed by atoms with E-state index in [0.717, 1.165) is 11.1 Å². The molecule has 0 fully saturated rings. The van der Waals surface area contributed by atoms with Gasteiger partial charge in [0, 0.05) is 5.56 Å². The van der Waals surface area contributed by atoms with Gasteiger partial charge in [-0.3, -0.25) is 0 Å². The van der Waals surface area contributed by atoms with E-state index < -0.39 is 0 Å². The number of rotatable bonds is 1. The molecule has 0 aliphatic heterocycles. The number of nitrogens with two attached hydrogens (primary N) is 1. The lowest BCUT2D eigenvalue weighted by atomic mass is 10.1. The molecule has 3 aromatic rings. The lowest BCUT2D eigenvalue weighted by molar-refractivity contribution is 1.19. The summed E-state index contributed by atoms with van der Waals surface area (Å²) in [6.07, 6.45) is 1.38. The van der Waals surface area contributed by atoms with Gasteiger partial charge in [0.1, 0.15) is 17.3 Å². The van der Waals surface area contributed by atoms with Crippen molar-refractivity contribution >= 4 is 28.5 Å². The Hall–Kier alpha value is -2.20. The molecular weight excluding hydrogens is 248 g/mol. The van der Waals surface area contributed by atoms with Crippen LogP contribution in [0, 0.1) is 0 Å². The second-order valence-electron chi connectivity index (χ2n) is 3.82. The summed E-state index contributed by atoms with van der Waals surface area (Å²) in [4.78, 5) is 12.3. The van der Waals surface area contributed by atoms with E-state index in [2.05, 4.69) is 15.0 Å². The summed E-state index contributed by atoms with van der Waals surface area (Å²) in [6.45, 7) is 0. The van der Waals surface area contributed by atoms with Gasteiger partial charge in [-0.2, -0.15) is 0 Å². The van der Waals surface area contributed by atoms with Crippen LogP contribution in [-0.4, -0.2) is 15.0 Å². The fourth-order valence-corrected chi connectivity index (χ4v) is 2.05. The summed E-state index contributed by atoms with van der Waals surface area (Å²) in [5.74, 6) is 0.404. The van der Waals surface area contributed by atoms with Crippen LogP contribution >= 0.6 is 11.6 Å². The molecule has 0 saturated carbocycles. The average Bonchev–Trinajstić information content (AvgIpc) is 2.39. The molecule has 0 aliphatic rings. The predicted molar refractivity (Wildman–Crippen MR) is 72.2 cm³/mol. The number of hydrogen-bond acceptors (Lipinski definition) is 4. The van der Waals surface area contributed by atoms with Crippen molar-refractivity contribution in [3.63, 3.8) is 0 Å². The maximum Gasteiger partial charge on any atom is 0.166 e. The number of fused-ring (bicyclic) bond motifs is 1. The Morgan fingerprint density at radius 3 is 2.61 bits per heavy atom. The van der Waals surface area contributed by atoms with Crippen molar-refractivity contribution in [1.29, 1.82) is 0 Å². The zero-order valence-electron chi connectivity index (χ0n) is 9.34. The molecule has 1 aromatic carbocycles. The van der Waals surface area contributed by atoms with E-state index in [0.29, 0.717) is 22.0 Å². The van der Waals surface area contributed by atoms with E-state index in [4.69, 9.17) is 17.3 Å². The SMILES string of the molecule is Nc1ncnc2nc(Cl)c(-c3ccccc3)cc12. The van der Waals surface area contributed by atoms with Crippen molar-refractivity contribution < 1.29 is 0 Å². The van der Waals surface area contributed by atoms with Crippen LogP contribution in [0.2, 0.25) is 5.15 Å². The standard InChI is InChI=1S/C13H9ClN4/c14-11-9(8-4-2-1-3-5-8)6-10-12(15)16-7-17-13(10)18-11/h1-7H,(H2,15,16,17,18). The Morgan fingerprint density at radius 2 is 1.83 bits per heavy atom. The van der Waals surface area contributed by atoms with E-state index in [1.165, 1.54) is 6.33 Å². The van der Waals surface area contributed by atoms with E-state index in [9.17, 15) is 0 Å². The summed E-state index contributed by atoms with van der Waals surface area (Å²) in [7, 11) is 0. The maximum atomic E-state index is 6.18. The minimum Gasteiger partial charge on any atom is -0.383 e. The minimum absolute atomic E-state index is 0.404. The Bertz CT molecular complexity index is 713. The topological polar surface area (TPSA) is 64.7 Å². The fourth-order valence-electron chi connectivity index (χ4n) is 1.80. The smallest absolute Gasteiger partial charge is 0.166 e. The highest BCUT2D eigenvalue weighted by Crippen LogP contribution is 2.30. The van der Waals surface area contributed by atoms with Gasteiger partial charge in [-0.25, -0.2) is 15.0 Å². The van der Waals surface area contributed by atoms with Gasteiger partial charge in [0.25, 0.3) is 0 Å². The number of anilines is 1. The number of halogens is 1. The lowest BCUT2D eigenvalue weighted by Gasteiger charge is -2.06. The summed E-state index contributed by atoms with van der Waals surface area (Å²) in [5.41, 5.74) is 8.14. The molecule has 3 rings (SSSR count). The van der Waals surface area contributed by atoms with Crippen LogP contribution in [0.1, 0.15) is 0 Å². The van der Waals surface area contributed by atoms with Gasteiger partial charge in [-0.05, 0) is 11.6 Å². The summed E-state index contributed by atoms with van der Waals surface area (Å²) >= 11 is 6.18. The van der Waals surface area contributed by atoms with Crippen molar-refractivity contribution in [2.45, 2.75) is 0 Å². The van der Waals surface area contributed by atoms with Crippen molar-refractivity contribution in [3.05, 3.63) is 47.9 Å². The van der Waals surface area contributed by atoms with Gasteiger partial charge < -0.3 is 5.73 Å². The number of nitrogen functional groups attached to an aromatic ring is 1. The van der Waals surface area contributed by atoms with Gasteiger partial charge in [0.15, 0.2) is 5.65 Å². The molecular formula is C13H9ClN4. The van der Waals surface area contributed by atoms with Gasteiger partial charge in [0.2, 0.25) is 0 Å². The quantitative estimate of drug-likeness (QED) is 0.680. The molecule has 4 nitrogen and oxygen atoms in total. The zero-order valence-corrected chi connectivity index (χ0v) is 10.1. The van der Waals surface area contributed by atoms with Crippen LogP contribution in [0.25, 0.3) is 22.2 Å². The van der Waals surface area contributed by atoms with Crippen LogP contribution in [-0.2, 0) is 0 Å². The van der Waals surface area contributed by atoms with Crippen LogP contribution in [0.3, 0.4) is 0 Å². The molecule has 18 heavy (non-hydrogen) atoms. The molecule has 0 saturated heterocycles. The third-order valence-corrected chi connectivity index (χ3v) is 2.98. The Kier molecular flexibility index (Phi) is 2.57. The van der Waals surface area contributed by atoms with Crippen molar-refractivity contribution in [2.75, 3.05) is 5.73 Å².